The Morgan fingerprint density at radius 3 is 1.39 bits per heavy atom. The van der Waals surface area contributed by atoms with Gasteiger partial charge in [0.2, 0.25) is 5.41 Å². The van der Waals surface area contributed by atoms with E-state index in [1.54, 1.807) is 0 Å². The topological polar surface area (TPSA) is 83.8 Å². The van der Waals surface area contributed by atoms with E-state index in [0.717, 1.165) is 12.1 Å². The molecule has 3 rings (SSSR count). The Kier molecular flexibility index (Phi) is 4.10. The fourth-order valence-corrected chi connectivity index (χ4v) is 3.13. The van der Waals surface area contributed by atoms with Gasteiger partial charge >= 0.3 is 24.3 Å². The third-order valence-corrected chi connectivity index (χ3v) is 4.33. The summed E-state index contributed by atoms with van der Waals surface area (Å²) in [5.41, 5.74) is -9.29. The van der Waals surface area contributed by atoms with Gasteiger partial charge in [-0.2, -0.15) is 26.3 Å². The molecule has 28 heavy (non-hydrogen) atoms. The molecular formula is C17H8F6O5. The third-order valence-electron chi connectivity index (χ3n) is 4.33. The summed E-state index contributed by atoms with van der Waals surface area (Å²) < 4.78 is 89.4. The largest absolute Gasteiger partial charge is 0.478 e. The second-order valence-electron chi connectivity index (χ2n) is 5.88. The summed E-state index contributed by atoms with van der Waals surface area (Å²) >= 11 is 0. The van der Waals surface area contributed by atoms with Gasteiger partial charge in [0.1, 0.15) is 11.5 Å². The van der Waals surface area contributed by atoms with Crippen molar-refractivity contribution in [2.75, 3.05) is 0 Å². The lowest BCUT2D eigenvalue weighted by atomic mass is 9.70. The van der Waals surface area contributed by atoms with Crippen molar-refractivity contribution in [3.05, 3.63) is 58.7 Å². The maximum atomic E-state index is 14.0. The monoisotopic (exact) mass is 406 g/mol. The molecule has 0 amide bonds. The molecule has 11 heteroatoms. The summed E-state index contributed by atoms with van der Waals surface area (Å²) in [4.78, 5) is 22.2. The van der Waals surface area contributed by atoms with Crippen molar-refractivity contribution in [1.29, 1.82) is 0 Å². The van der Waals surface area contributed by atoms with E-state index in [2.05, 4.69) is 0 Å². The first-order valence-electron chi connectivity index (χ1n) is 7.37. The summed E-state index contributed by atoms with van der Waals surface area (Å²) in [5.74, 6) is -5.16. The van der Waals surface area contributed by atoms with E-state index < -0.39 is 63.5 Å². The maximum absolute atomic E-state index is 14.0. The average Bonchev–Trinajstić information content (AvgIpc) is 2.56. The Labute approximate surface area is 151 Å². The number of ether oxygens (including phenoxy) is 1. The smallest absolute Gasteiger partial charge is 0.411 e. The van der Waals surface area contributed by atoms with Crippen LogP contribution in [0.1, 0.15) is 31.8 Å². The minimum absolute atomic E-state index is 0.231. The van der Waals surface area contributed by atoms with Crippen LogP contribution in [0.4, 0.5) is 26.3 Å². The van der Waals surface area contributed by atoms with Gasteiger partial charge in [-0.15, -0.1) is 0 Å². The molecule has 0 atom stereocenters. The molecule has 0 fully saturated rings. The van der Waals surface area contributed by atoms with Gasteiger partial charge in [-0.3, -0.25) is 0 Å². The van der Waals surface area contributed by atoms with Crippen LogP contribution < -0.4 is 4.74 Å². The number of hydrogen-bond donors (Lipinski definition) is 2. The average molecular weight is 406 g/mol. The number of aromatic carboxylic acids is 2. The van der Waals surface area contributed by atoms with Crippen molar-refractivity contribution < 1.29 is 50.9 Å². The highest BCUT2D eigenvalue weighted by molar-refractivity contribution is 5.90. The molecule has 2 aromatic carbocycles. The Morgan fingerprint density at radius 2 is 1.11 bits per heavy atom. The Bertz CT molecular complexity index is 913. The fraction of sp³-hybridized carbons (Fsp3) is 0.176. The maximum Gasteiger partial charge on any atom is 0.411 e. The number of hydrogen-bond acceptors (Lipinski definition) is 3. The number of carboxylic acid groups (broad SMARTS) is 2. The van der Waals surface area contributed by atoms with Crippen molar-refractivity contribution in [2.45, 2.75) is 17.8 Å². The van der Waals surface area contributed by atoms with Crippen LogP contribution in [0.25, 0.3) is 0 Å². The van der Waals surface area contributed by atoms with E-state index in [0.29, 0.717) is 12.1 Å². The van der Waals surface area contributed by atoms with Gasteiger partial charge < -0.3 is 14.9 Å². The molecule has 0 spiro atoms. The molecule has 2 N–H and O–H groups in total. The molecule has 0 aromatic heterocycles. The zero-order valence-corrected chi connectivity index (χ0v) is 13.4. The number of halogens is 6. The Hall–Kier alpha value is -3.24. The summed E-state index contributed by atoms with van der Waals surface area (Å²) in [5, 5.41) is 18.0. The van der Waals surface area contributed by atoms with E-state index in [-0.39, 0.29) is 12.1 Å². The normalized spacial score (nSPS) is 15.2. The van der Waals surface area contributed by atoms with Crippen LogP contribution in [0.3, 0.4) is 0 Å². The van der Waals surface area contributed by atoms with Gasteiger partial charge in [0.15, 0.2) is 0 Å². The zero-order chi connectivity index (χ0) is 21.1. The highest BCUT2D eigenvalue weighted by Crippen LogP contribution is 2.62. The zero-order valence-electron chi connectivity index (χ0n) is 13.4. The van der Waals surface area contributed by atoms with Crippen LogP contribution in [-0.2, 0) is 5.41 Å². The van der Waals surface area contributed by atoms with Crippen LogP contribution in [-0.4, -0.2) is 34.5 Å². The van der Waals surface area contributed by atoms with E-state index in [4.69, 9.17) is 14.9 Å². The van der Waals surface area contributed by atoms with Crippen molar-refractivity contribution >= 4 is 11.9 Å². The first kappa shape index (κ1) is 19.5. The lowest BCUT2D eigenvalue weighted by Gasteiger charge is -2.42. The quantitative estimate of drug-likeness (QED) is 0.713. The number of fused-ring (bicyclic) bond motifs is 2. The lowest BCUT2D eigenvalue weighted by Crippen LogP contribution is -2.56. The Morgan fingerprint density at radius 1 is 0.750 bits per heavy atom. The molecule has 0 bridgehead atoms. The van der Waals surface area contributed by atoms with Crippen LogP contribution in [0.2, 0.25) is 0 Å². The number of carbonyl (C=O) groups is 2. The highest BCUT2D eigenvalue weighted by atomic mass is 19.4. The van der Waals surface area contributed by atoms with Gasteiger partial charge in [-0.1, -0.05) is 0 Å². The molecule has 0 unspecified atom stereocenters. The molecule has 0 saturated heterocycles. The summed E-state index contributed by atoms with van der Waals surface area (Å²) in [6, 6.07) is 3.45. The number of rotatable bonds is 2. The van der Waals surface area contributed by atoms with Gasteiger partial charge in [-0.05, 0) is 36.4 Å². The molecule has 1 heterocycles. The summed E-state index contributed by atoms with van der Waals surface area (Å²) in [6.45, 7) is 0. The van der Waals surface area contributed by atoms with Gasteiger partial charge in [0.25, 0.3) is 0 Å². The predicted molar refractivity (Wildman–Crippen MR) is 79.8 cm³/mol. The predicted octanol–water partition coefficient (Wildman–Crippen LogP) is 4.60. The highest BCUT2D eigenvalue weighted by Gasteiger charge is 2.75. The summed E-state index contributed by atoms with van der Waals surface area (Å²) in [6.07, 6.45) is -12.0. The lowest BCUT2D eigenvalue weighted by molar-refractivity contribution is -0.290. The van der Waals surface area contributed by atoms with Crippen molar-refractivity contribution in [3.63, 3.8) is 0 Å². The van der Waals surface area contributed by atoms with Crippen molar-refractivity contribution in [2.24, 2.45) is 0 Å². The van der Waals surface area contributed by atoms with Crippen LogP contribution in [0, 0.1) is 0 Å². The molecular weight excluding hydrogens is 398 g/mol. The molecule has 1 aliphatic heterocycles. The second-order valence-corrected chi connectivity index (χ2v) is 5.88. The van der Waals surface area contributed by atoms with Gasteiger partial charge in [-0.25, -0.2) is 9.59 Å². The fourth-order valence-electron chi connectivity index (χ4n) is 3.13. The molecule has 148 valence electrons. The van der Waals surface area contributed by atoms with E-state index >= 15 is 0 Å². The van der Waals surface area contributed by atoms with Gasteiger partial charge in [0.05, 0.1) is 11.1 Å². The van der Waals surface area contributed by atoms with E-state index in [1.807, 2.05) is 0 Å². The van der Waals surface area contributed by atoms with Crippen LogP contribution in [0.15, 0.2) is 36.4 Å². The number of benzene rings is 2. The molecule has 0 radical (unpaired) electrons. The molecule has 0 saturated carbocycles. The molecule has 5 nitrogen and oxygen atoms in total. The van der Waals surface area contributed by atoms with Crippen LogP contribution in [0.5, 0.6) is 11.5 Å². The molecule has 0 aliphatic carbocycles. The molecule has 2 aromatic rings. The second kappa shape index (κ2) is 5.88. The SMILES string of the molecule is O=C(O)c1ccc2c(c1)C(C(F)(F)F)(C(F)(F)F)c1cc(C(=O)O)ccc1O2. The van der Waals surface area contributed by atoms with Crippen molar-refractivity contribution in [3.8, 4) is 11.5 Å². The number of carboxylic acids is 2. The third kappa shape index (κ3) is 2.57. The number of alkyl halides is 6. The van der Waals surface area contributed by atoms with E-state index in [1.165, 1.54) is 0 Å². The summed E-state index contributed by atoms with van der Waals surface area (Å²) in [7, 11) is 0. The first-order valence-corrected chi connectivity index (χ1v) is 7.37. The first-order chi connectivity index (χ1) is 12.8. The van der Waals surface area contributed by atoms with Gasteiger partial charge in [0, 0.05) is 11.1 Å². The standard InChI is InChI=1S/C17H8F6O5/c18-16(19,20)15(17(21,22)23)9-5-7(13(24)25)1-3-11(9)28-12-4-2-8(14(26)27)6-10(12)15/h1-6H,(H,24,25)(H,26,27). The minimum Gasteiger partial charge on any atom is -0.478 e. The van der Waals surface area contributed by atoms with Crippen LogP contribution >= 0.6 is 0 Å². The van der Waals surface area contributed by atoms with E-state index in [9.17, 15) is 35.9 Å². The Balaban J connectivity index is 2.51. The molecule has 1 aliphatic rings. The van der Waals surface area contributed by atoms with Crippen molar-refractivity contribution in [1.82, 2.24) is 0 Å². The minimum atomic E-state index is -5.99.